The molecule has 0 aliphatic rings. The number of nitrogens with zero attached hydrogens (tertiary/aromatic N) is 2. The number of nitrogens with one attached hydrogen (secondary N) is 1. The smallest absolute Gasteiger partial charge is 0.123 e. The van der Waals surface area contributed by atoms with Gasteiger partial charge in [0.05, 0.1) is 12.0 Å². The predicted octanol–water partition coefficient (Wildman–Crippen LogP) is 6.32. The van der Waals surface area contributed by atoms with Crippen molar-refractivity contribution in [3.05, 3.63) is 59.7 Å². The normalized spacial score (nSPS) is 11.4. The average molecular weight is 428 g/mol. The fourth-order valence-electron chi connectivity index (χ4n) is 3.59. The standard InChI is InChI=1S/C17H19N3O.C6H16Si.C2H6/c1-11-16(19-10-18-11)17(21)14-8-9-15(20(2)3)13-7-5-4-6-12(13)14;1-4-7(5-2)6-3;1-2/h4-10,17,21H,1-3H3,(H,18,19);7H,4-6H2,1-3H3;1-2H3. The molecule has 0 aliphatic carbocycles. The molecule has 0 saturated carbocycles. The number of aliphatic hydroxyl groups is 1. The van der Waals surface area contributed by atoms with Crippen molar-refractivity contribution < 1.29 is 5.11 Å². The van der Waals surface area contributed by atoms with Gasteiger partial charge >= 0.3 is 0 Å². The van der Waals surface area contributed by atoms with Gasteiger partial charge < -0.3 is 15.0 Å². The van der Waals surface area contributed by atoms with Gasteiger partial charge in [-0.25, -0.2) is 4.98 Å². The van der Waals surface area contributed by atoms with Crippen molar-refractivity contribution in [2.24, 2.45) is 0 Å². The molecule has 0 aliphatic heterocycles. The fourth-order valence-corrected chi connectivity index (χ4v) is 5.33. The maximum absolute atomic E-state index is 10.7. The Hall–Kier alpha value is -2.11. The van der Waals surface area contributed by atoms with Gasteiger partial charge in [-0.2, -0.15) is 0 Å². The van der Waals surface area contributed by atoms with Crippen LogP contribution in [0, 0.1) is 6.92 Å². The number of rotatable bonds is 6. The van der Waals surface area contributed by atoms with Crippen LogP contribution in [-0.2, 0) is 0 Å². The lowest BCUT2D eigenvalue weighted by molar-refractivity contribution is 0.216. The zero-order valence-electron chi connectivity index (χ0n) is 20.2. The molecule has 166 valence electrons. The monoisotopic (exact) mass is 427 g/mol. The van der Waals surface area contributed by atoms with Gasteiger partial charge in [0.25, 0.3) is 0 Å². The molecule has 5 heteroatoms. The molecule has 1 unspecified atom stereocenters. The first-order valence-corrected chi connectivity index (χ1v) is 13.8. The second kappa shape index (κ2) is 13.2. The van der Waals surface area contributed by atoms with E-state index in [-0.39, 0.29) is 8.80 Å². The Balaban J connectivity index is 0.000000428. The van der Waals surface area contributed by atoms with E-state index in [0.29, 0.717) is 5.69 Å². The third-order valence-electron chi connectivity index (χ3n) is 5.57. The van der Waals surface area contributed by atoms with E-state index >= 15 is 0 Å². The van der Waals surface area contributed by atoms with Crippen LogP contribution in [0.4, 0.5) is 5.69 Å². The van der Waals surface area contributed by atoms with Crippen LogP contribution in [0.3, 0.4) is 0 Å². The van der Waals surface area contributed by atoms with Crippen molar-refractivity contribution in [1.82, 2.24) is 9.97 Å². The van der Waals surface area contributed by atoms with Crippen LogP contribution in [0.2, 0.25) is 18.1 Å². The molecule has 1 heterocycles. The number of aromatic amines is 1. The van der Waals surface area contributed by atoms with Gasteiger partial charge in [-0.15, -0.1) is 0 Å². The third kappa shape index (κ3) is 6.44. The van der Waals surface area contributed by atoms with E-state index in [0.717, 1.165) is 27.7 Å². The number of imidazole rings is 1. The maximum Gasteiger partial charge on any atom is 0.123 e. The summed E-state index contributed by atoms with van der Waals surface area (Å²) in [6, 6.07) is 16.6. The molecule has 1 aromatic heterocycles. The molecule has 0 spiro atoms. The van der Waals surface area contributed by atoms with Gasteiger partial charge in [0.1, 0.15) is 6.10 Å². The average Bonchev–Trinajstić information content (AvgIpc) is 3.21. The van der Waals surface area contributed by atoms with E-state index in [4.69, 9.17) is 0 Å². The van der Waals surface area contributed by atoms with Gasteiger partial charge in [-0.05, 0) is 23.9 Å². The summed E-state index contributed by atoms with van der Waals surface area (Å²) in [6.07, 6.45) is 0.891. The van der Waals surface area contributed by atoms with E-state index in [1.165, 1.54) is 18.1 Å². The van der Waals surface area contributed by atoms with Crippen molar-refractivity contribution in [3.8, 4) is 0 Å². The summed E-state index contributed by atoms with van der Waals surface area (Å²) >= 11 is 0. The summed E-state index contributed by atoms with van der Waals surface area (Å²) in [6.45, 7) is 12.9. The van der Waals surface area contributed by atoms with E-state index in [1.54, 1.807) is 6.33 Å². The zero-order chi connectivity index (χ0) is 22.7. The largest absolute Gasteiger partial charge is 0.382 e. The highest BCUT2D eigenvalue weighted by atomic mass is 28.3. The molecular weight excluding hydrogens is 386 g/mol. The Morgan fingerprint density at radius 2 is 1.53 bits per heavy atom. The first kappa shape index (κ1) is 25.9. The van der Waals surface area contributed by atoms with Gasteiger partial charge in [0, 0.05) is 39.7 Å². The Kier molecular flexibility index (Phi) is 11.4. The number of aryl methyl sites for hydroxylation is 1. The number of aromatic nitrogens is 2. The van der Waals surface area contributed by atoms with Crippen molar-refractivity contribution in [2.45, 2.75) is 65.8 Å². The first-order chi connectivity index (χ1) is 14.4. The summed E-state index contributed by atoms with van der Waals surface area (Å²) in [4.78, 5) is 9.34. The molecule has 0 fully saturated rings. The summed E-state index contributed by atoms with van der Waals surface area (Å²) < 4.78 is 0. The Labute approximate surface area is 185 Å². The minimum Gasteiger partial charge on any atom is -0.382 e. The maximum atomic E-state index is 10.7. The van der Waals surface area contributed by atoms with Crippen molar-refractivity contribution in [2.75, 3.05) is 19.0 Å². The molecule has 3 aromatic rings. The van der Waals surface area contributed by atoms with E-state index in [1.807, 2.05) is 65.2 Å². The molecular formula is C25H41N3OSi. The summed E-state index contributed by atoms with van der Waals surface area (Å²) in [5, 5.41) is 12.9. The van der Waals surface area contributed by atoms with E-state index < -0.39 is 6.10 Å². The van der Waals surface area contributed by atoms with Crippen LogP contribution in [0.5, 0.6) is 0 Å². The Morgan fingerprint density at radius 1 is 0.967 bits per heavy atom. The lowest BCUT2D eigenvalue weighted by Gasteiger charge is -2.19. The number of H-pyrrole nitrogens is 1. The lowest BCUT2D eigenvalue weighted by Crippen LogP contribution is -2.10. The highest BCUT2D eigenvalue weighted by Gasteiger charge is 2.19. The molecule has 2 N–H and O–H groups in total. The Bertz CT molecular complexity index is 866. The number of aliphatic hydroxyl groups excluding tert-OH is 1. The number of fused-ring (bicyclic) bond motifs is 1. The van der Waals surface area contributed by atoms with E-state index in [2.05, 4.69) is 41.7 Å². The summed E-state index contributed by atoms with van der Waals surface area (Å²) in [7, 11) is 3.88. The molecule has 30 heavy (non-hydrogen) atoms. The SMILES string of the molecule is CC.CC[SiH](CC)CC.Cc1[nH]cnc1C(O)c1ccc(N(C)C)c2ccccc12. The number of benzene rings is 2. The minimum absolute atomic E-state index is 0.171. The number of hydrogen-bond donors (Lipinski definition) is 2. The van der Waals surface area contributed by atoms with Crippen LogP contribution in [0.1, 0.15) is 57.7 Å². The number of hydrogen-bond acceptors (Lipinski definition) is 3. The molecule has 1 atom stereocenters. The van der Waals surface area contributed by atoms with Gasteiger partial charge in [0.2, 0.25) is 0 Å². The molecule has 3 rings (SSSR count). The second-order valence-electron chi connectivity index (χ2n) is 7.52. The van der Waals surface area contributed by atoms with Crippen molar-refractivity contribution in [1.29, 1.82) is 0 Å². The zero-order valence-corrected chi connectivity index (χ0v) is 21.3. The highest BCUT2D eigenvalue weighted by Crippen LogP contribution is 2.34. The van der Waals surface area contributed by atoms with Crippen LogP contribution in [-0.4, -0.2) is 38.0 Å². The lowest BCUT2D eigenvalue weighted by atomic mass is 9.96. The highest BCUT2D eigenvalue weighted by molar-refractivity contribution is 6.58. The van der Waals surface area contributed by atoms with Gasteiger partial charge in [-0.1, -0.05) is 83.1 Å². The van der Waals surface area contributed by atoms with E-state index in [9.17, 15) is 5.11 Å². The molecule has 0 bridgehead atoms. The van der Waals surface area contributed by atoms with Crippen LogP contribution >= 0.6 is 0 Å². The van der Waals surface area contributed by atoms with Crippen LogP contribution in [0.25, 0.3) is 10.8 Å². The summed E-state index contributed by atoms with van der Waals surface area (Å²) in [5.41, 5.74) is 3.59. The molecule has 0 radical (unpaired) electrons. The van der Waals surface area contributed by atoms with Gasteiger partial charge in [-0.3, -0.25) is 0 Å². The predicted molar refractivity (Wildman–Crippen MR) is 136 cm³/mol. The molecule has 0 amide bonds. The topological polar surface area (TPSA) is 52.1 Å². The van der Waals surface area contributed by atoms with Crippen molar-refractivity contribution in [3.63, 3.8) is 0 Å². The third-order valence-corrected chi connectivity index (χ3v) is 9.04. The van der Waals surface area contributed by atoms with Gasteiger partial charge in [0.15, 0.2) is 0 Å². The quantitative estimate of drug-likeness (QED) is 0.453. The minimum atomic E-state index is -0.725. The first-order valence-electron chi connectivity index (χ1n) is 11.3. The van der Waals surface area contributed by atoms with Crippen LogP contribution < -0.4 is 4.90 Å². The second-order valence-corrected chi connectivity index (χ2v) is 11.7. The number of anilines is 1. The molecule has 2 aromatic carbocycles. The molecule has 4 nitrogen and oxygen atoms in total. The van der Waals surface area contributed by atoms with Crippen LogP contribution in [0.15, 0.2) is 42.7 Å². The Morgan fingerprint density at radius 3 is 1.97 bits per heavy atom. The summed E-state index contributed by atoms with van der Waals surface area (Å²) in [5.74, 6) is 0. The molecule has 0 saturated heterocycles. The van der Waals surface area contributed by atoms with Crippen molar-refractivity contribution >= 4 is 25.3 Å². The fraction of sp³-hybridized carbons (Fsp3) is 0.480.